The van der Waals surface area contributed by atoms with Gasteiger partial charge >= 0.3 is 0 Å². The molecule has 18 heavy (non-hydrogen) atoms. The van der Waals surface area contributed by atoms with Gasteiger partial charge in [-0.05, 0) is 12.8 Å². The molecule has 108 valence electrons. The maximum absolute atomic E-state index is 5.62. The first-order valence-corrected chi connectivity index (χ1v) is 8.47. The number of unbranched alkanes of at least 4 members (excludes halogenated alkanes) is 9. The minimum absolute atomic E-state index is 0.342. The fourth-order valence-electron chi connectivity index (χ4n) is 2.91. The SMILES string of the molecule is CCCCCCCCCCCCC1(CCC)CO1. The molecule has 0 aliphatic carbocycles. The number of rotatable bonds is 13. The van der Waals surface area contributed by atoms with Gasteiger partial charge in [0.2, 0.25) is 0 Å². The Hall–Kier alpha value is -0.0400. The molecule has 1 aliphatic heterocycles. The molecule has 1 saturated heterocycles. The molecule has 1 unspecified atom stereocenters. The summed E-state index contributed by atoms with van der Waals surface area (Å²) in [6, 6.07) is 0. The van der Waals surface area contributed by atoms with Crippen molar-refractivity contribution in [3.63, 3.8) is 0 Å². The fraction of sp³-hybridized carbons (Fsp3) is 1.00. The van der Waals surface area contributed by atoms with Crippen molar-refractivity contribution >= 4 is 0 Å². The van der Waals surface area contributed by atoms with E-state index in [4.69, 9.17) is 4.74 Å². The van der Waals surface area contributed by atoms with Crippen molar-refractivity contribution in [2.24, 2.45) is 0 Å². The first kappa shape index (κ1) is 16.0. The van der Waals surface area contributed by atoms with Gasteiger partial charge in [0.05, 0.1) is 12.2 Å². The van der Waals surface area contributed by atoms with Gasteiger partial charge in [-0.1, -0.05) is 84.5 Å². The summed E-state index contributed by atoms with van der Waals surface area (Å²) in [5.74, 6) is 0. The van der Waals surface area contributed by atoms with Crippen LogP contribution in [0.1, 0.15) is 97.3 Å². The van der Waals surface area contributed by atoms with Crippen LogP contribution in [0.5, 0.6) is 0 Å². The van der Waals surface area contributed by atoms with Crippen LogP contribution in [0, 0.1) is 0 Å². The van der Waals surface area contributed by atoms with Crippen molar-refractivity contribution in [3.05, 3.63) is 0 Å². The maximum Gasteiger partial charge on any atom is 0.0916 e. The van der Waals surface area contributed by atoms with E-state index in [-0.39, 0.29) is 0 Å². The molecule has 1 rings (SSSR count). The predicted molar refractivity (Wildman–Crippen MR) is 80.1 cm³/mol. The van der Waals surface area contributed by atoms with Crippen molar-refractivity contribution in [1.29, 1.82) is 0 Å². The van der Waals surface area contributed by atoms with Crippen LogP contribution in [0.3, 0.4) is 0 Å². The van der Waals surface area contributed by atoms with Gasteiger partial charge in [0, 0.05) is 0 Å². The minimum Gasteiger partial charge on any atom is -0.370 e. The highest BCUT2D eigenvalue weighted by molar-refractivity contribution is 4.91. The van der Waals surface area contributed by atoms with Gasteiger partial charge in [0.1, 0.15) is 0 Å². The Labute approximate surface area is 115 Å². The highest BCUT2D eigenvalue weighted by Gasteiger charge is 2.42. The number of hydrogen-bond acceptors (Lipinski definition) is 1. The second-order valence-electron chi connectivity index (χ2n) is 6.15. The molecule has 1 heterocycles. The summed E-state index contributed by atoms with van der Waals surface area (Å²) in [6.45, 7) is 5.59. The molecule has 0 saturated carbocycles. The first-order valence-electron chi connectivity index (χ1n) is 8.47. The summed E-state index contributed by atoms with van der Waals surface area (Å²) in [5, 5.41) is 0. The molecular formula is C17H34O. The van der Waals surface area contributed by atoms with Crippen LogP contribution in [0.2, 0.25) is 0 Å². The zero-order chi connectivity index (χ0) is 13.1. The van der Waals surface area contributed by atoms with Gasteiger partial charge < -0.3 is 4.74 Å². The minimum atomic E-state index is 0.342. The van der Waals surface area contributed by atoms with E-state index < -0.39 is 0 Å². The molecule has 1 aliphatic rings. The molecule has 0 amide bonds. The summed E-state index contributed by atoms with van der Waals surface area (Å²) in [4.78, 5) is 0. The lowest BCUT2D eigenvalue weighted by atomic mass is 9.96. The topological polar surface area (TPSA) is 12.5 Å². The highest BCUT2D eigenvalue weighted by Crippen LogP contribution is 2.37. The van der Waals surface area contributed by atoms with Crippen molar-refractivity contribution in [1.82, 2.24) is 0 Å². The zero-order valence-corrected chi connectivity index (χ0v) is 12.8. The lowest BCUT2D eigenvalue weighted by Crippen LogP contribution is -2.09. The number of epoxide rings is 1. The molecular weight excluding hydrogens is 220 g/mol. The van der Waals surface area contributed by atoms with E-state index in [0.29, 0.717) is 5.60 Å². The van der Waals surface area contributed by atoms with Crippen molar-refractivity contribution < 1.29 is 4.74 Å². The largest absolute Gasteiger partial charge is 0.370 e. The van der Waals surface area contributed by atoms with Crippen LogP contribution in [0.25, 0.3) is 0 Å². The van der Waals surface area contributed by atoms with E-state index in [0.717, 1.165) is 6.61 Å². The van der Waals surface area contributed by atoms with Crippen molar-refractivity contribution in [3.8, 4) is 0 Å². The molecule has 0 aromatic carbocycles. The van der Waals surface area contributed by atoms with Gasteiger partial charge in [0.15, 0.2) is 0 Å². The molecule has 1 fully saturated rings. The van der Waals surface area contributed by atoms with Crippen LogP contribution in [0.15, 0.2) is 0 Å². The van der Waals surface area contributed by atoms with Gasteiger partial charge in [-0.3, -0.25) is 0 Å². The normalized spacial score (nSPS) is 22.3. The molecule has 0 bridgehead atoms. The molecule has 0 spiro atoms. The molecule has 0 aromatic rings. The fourth-order valence-corrected chi connectivity index (χ4v) is 2.91. The van der Waals surface area contributed by atoms with E-state index >= 15 is 0 Å². The summed E-state index contributed by atoms with van der Waals surface area (Å²) in [7, 11) is 0. The summed E-state index contributed by atoms with van der Waals surface area (Å²) in [5.41, 5.74) is 0.342. The predicted octanol–water partition coefficient (Wildman–Crippen LogP) is 5.87. The average Bonchev–Trinajstić information content (AvgIpc) is 3.12. The monoisotopic (exact) mass is 254 g/mol. The van der Waals surface area contributed by atoms with E-state index in [9.17, 15) is 0 Å². The molecule has 0 radical (unpaired) electrons. The molecule has 0 N–H and O–H groups in total. The van der Waals surface area contributed by atoms with E-state index in [2.05, 4.69) is 13.8 Å². The van der Waals surface area contributed by atoms with E-state index in [1.165, 1.54) is 83.5 Å². The van der Waals surface area contributed by atoms with Gasteiger partial charge in [-0.2, -0.15) is 0 Å². The molecule has 0 aromatic heterocycles. The zero-order valence-electron chi connectivity index (χ0n) is 12.8. The van der Waals surface area contributed by atoms with Crippen molar-refractivity contribution in [2.75, 3.05) is 6.61 Å². The van der Waals surface area contributed by atoms with Crippen LogP contribution >= 0.6 is 0 Å². The van der Waals surface area contributed by atoms with Gasteiger partial charge in [-0.15, -0.1) is 0 Å². The lowest BCUT2D eigenvalue weighted by Gasteiger charge is -2.09. The Morgan fingerprint density at radius 1 is 0.667 bits per heavy atom. The smallest absolute Gasteiger partial charge is 0.0916 e. The Morgan fingerprint density at radius 2 is 1.17 bits per heavy atom. The quantitative estimate of drug-likeness (QED) is 0.296. The lowest BCUT2D eigenvalue weighted by molar-refractivity contribution is 0.265. The molecule has 1 atom stereocenters. The summed E-state index contributed by atoms with van der Waals surface area (Å²) >= 11 is 0. The van der Waals surface area contributed by atoms with E-state index in [1.807, 2.05) is 0 Å². The van der Waals surface area contributed by atoms with Gasteiger partial charge in [-0.25, -0.2) is 0 Å². The van der Waals surface area contributed by atoms with Crippen LogP contribution in [-0.2, 0) is 4.74 Å². The Morgan fingerprint density at radius 3 is 1.61 bits per heavy atom. The number of ether oxygens (including phenoxy) is 1. The van der Waals surface area contributed by atoms with E-state index in [1.54, 1.807) is 0 Å². The third kappa shape index (κ3) is 7.41. The standard InChI is InChI=1S/C17H34O/c1-3-5-6-7-8-9-10-11-12-13-15-17(14-4-2)16-18-17/h3-16H2,1-2H3. The number of hydrogen-bond donors (Lipinski definition) is 0. The second kappa shape index (κ2) is 9.83. The first-order chi connectivity index (χ1) is 8.83. The Balaban J connectivity index is 1.76. The van der Waals surface area contributed by atoms with Gasteiger partial charge in [0.25, 0.3) is 0 Å². The van der Waals surface area contributed by atoms with Crippen LogP contribution < -0.4 is 0 Å². The Kier molecular flexibility index (Phi) is 8.75. The highest BCUT2D eigenvalue weighted by atomic mass is 16.6. The second-order valence-corrected chi connectivity index (χ2v) is 6.15. The van der Waals surface area contributed by atoms with Crippen LogP contribution in [0.4, 0.5) is 0 Å². The van der Waals surface area contributed by atoms with Crippen molar-refractivity contribution in [2.45, 2.75) is 103 Å². The Bertz CT molecular complexity index is 184. The third-order valence-electron chi connectivity index (χ3n) is 4.24. The maximum atomic E-state index is 5.62. The molecule has 1 nitrogen and oxygen atoms in total. The summed E-state index contributed by atoms with van der Waals surface area (Å²) in [6.07, 6.45) is 18.2. The third-order valence-corrected chi connectivity index (χ3v) is 4.24. The molecule has 1 heteroatoms. The average molecular weight is 254 g/mol. The van der Waals surface area contributed by atoms with Crippen LogP contribution in [-0.4, -0.2) is 12.2 Å². The summed E-state index contributed by atoms with van der Waals surface area (Å²) < 4.78 is 5.62.